The average Bonchev–Trinajstić information content (AvgIpc) is 2.89. The summed E-state index contributed by atoms with van der Waals surface area (Å²) >= 11 is 13.5. The molecule has 0 radical (unpaired) electrons. The van der Waals surface area contributed by atoms with Gasteiger partial charge in [0.2, 0.25) is 5.91 Å². The molecule has 2 aromatic rings. The second-order valence-corrected chi connectivity index (χ2v) is 5.86. The fraction of sp³-hybridized carbons (Fsp3) is 0.214. The van der Waals surface area contributed by atoms with Crippen LogP contribution in [-0.4, -0.2) is 17.6 Å². The Labute approximate surface area is 131 Å². The Bertz CT molecular complexity index is 567. The topological polar surface area (TPSA) is 49.3 Å². The highest BCUT2D eigenvalue weighted by molar-refractivity contribution is 7.08. The number of benzene rings is 1. The van der Waals surface area contributed by atoms with Gasteiger partial charge in [0.05, 0.1) is 12.5 Å². The molecular weight excluding hydrogens is 317 g/mol. The van der Waals surface area contributed by atoms with Crippen LogP contribution in [0, 0.1) is 0 Å². The van der Waals surface area contributed by atoms with Gasteiger partial charge in [-0.25, -0.2) is 0 Å². The molecule has 2 N–H and O–H groups in total. The standard InChI is InChI=1S/C14H13Cl2NO2S/c15-10-2-1-3-11(16)14(10)12(18)7-17-13(19)6-9-4-5-20-8-9/h1-5,8,12,18H,6-7H2,(H,17,19). The first-order valence-corrected chi connectivity index (χ1v) is 7.67. The number of amides is 1. The number of hydrogen-bond donors (Lipinski definition) is 2. The lowest BCUT2D eigenvalue weighted by atomic mass is 10.1. The minimum atomic E-state index is -0.928. The first-order valence-electron chi connectivity index (χ1n) is 5.97. The minimum absolute atomic E-state index is 0.0758. The van der Waals surface area contributed by atoms with Crippen molar-refractivity contribution < 1.29 is 9.90 Å². The molecule has 1 aromatic carbocycles. The molecule has 0 fully saturated rings. The summed E-state index contributed by atoms with van der Waals surface area (Å²) in [5.41, 5.74) is 1.39. The Hall–Kier alpha value is -1.07. The Kier molecular flexibility index (Phi) is 5.43. The summed E-state index contributed by atoms with van der Waals surface area (Å²) in [6.07, 6.45) is -0.630. The van der Waals surface area contributed by atoms with Gasteiger partial charge >= 0.3 is 0 Å². The van der Waals surface area contributed by atoms with Crippen LogP contribution in [0.15, 0.2) is 35.0 Å². The van der Waals surface area contributed by atoms with Crippen LogP contribution in [-0.2, 0) is 11.2 Å². The van der Waals surface area contributed by atoms with Crippen LogP contribution in [0.4, 0.5) is 0 Å². The quantitative estimate of drug-likeness (QED) is 0.882. The molecule has 1 atom stereocenters. The zero-order valence-corrected chi connectivity index (χ0v) is 12.8. The maximum Gasteiger partial charge on any atom is 0.224 e. The minimum Gasteiger partial charge on any atom is -0.386 e. The molecule has 0 bridgehead atoms. The van der Waals surface area contributed by atoms with E-state index in [0.717, 1.165) is 5.56 Å². The van der Waals surface area contributed by atoms with Gasteiger partial charge in [-0.2, -0.15) is 11.3 Å². The molecule has 0 saturated carbocycles. The van der Waals surface area contributed by atoms with Crippen molar-refractivity contribution in [2.45, 2.75) is 12.5 Å². The second kappa shape index (κ2) is 7.09. The van der Waals surface area contributed by atoms with Gasteiger partial charge in [0, 0.05) is 22.2 Å². The molecule has 0 aliphatic carbocycles. The summed E-state index contributed by atoms with van der Waals surface area (Å²) in [5.74, 6) is -0.148. The van der Waals surface area contributed by atoms with E-state index in [-0.39, 0.29) is 12.5 Å². The van der Waals surface area contributed by atoms with Crippen molar-refractivity contribution in [2.24, 2.45) is 0 Å². The molecule has 1 aromatic heterocycles. The molecule has 3 nitrogen and oxygen atoms in total. The number of thiophene rings is 1. The van der Waals surface area contributed by atoms with Crippen molar-refractivity contribution in [1.82, 2.24) is 5.32 Å². The first kappa shape index (κ1) is 15.3. The second-order valence-electron chi connectivity index (χ2n) is 4.26. The molecule has 20 heavy (non-hydrogen) atoms. The predicted molar refractivity (Wildman–Crippen MR) is 82.5 cm³/mol. The number of aliphatic hydroxyl groups excluding tert-OH is 1. The van der Waals surface area contributed by atoms with Gasteiger partial charge in [-0.15, -0.1) is 0 Å². The van der Waals surface area contributed by atoms with E-state index in [1.54, 1.807) is 29.5 Å². The maximum absolute atomic E-state index is 11.7. The van der Waals surface area contributed by atoms with Crippen molar-refractivity contribution in [1.29, 1.82) is 0 Å². The maximum atomic E-state index is 11.7. The molecule has 6 heteroatoms. The van der Waals surface area contributed by atoms with Crippen LogP contribution in [0.1, 0.15) is 17.2 Å². The highest BCUT2D eigenvalue weighted by Gasteiger charge is 2.16. The summed E-state index contributed by atoms with van der Waals surface area (Å²) in [5, 5.41) is 17.4. The van der Waals surface area contributed by atoms with E-state index in [9.17, 15) is 9.90 Å². The monoisotopic (exact) mass is 329 g/mol. The molecular formula is C14H13Cl2NO2S. The molecule has 0 spiro atoms. The smallest absolute Gasteiger partial charge is 0.224 e. The number of halogens is 2. The number of carbonyl (C=O) groups excluding carboxylic acids is 1. The predicted octanol–water partition coefficient (Wildman–Crippen LogP) is 3.45. The van der Waals surface area contributed by atoms with E-state index in [2.05, 4.69) is 5.32 Å². The number of carbonyl (C=O) groups is 1. The van der Waals surface area contributed by atoms with Gasteiger partial charge in [-0.1, -0.05) is 29.3 Å². The highest BCUT2D eigenvalue weighted by Crippen LogP contribution is 2.29. The van der Waals surface area contributed by atoms with E-state index in [1.807, 2.05) is 16.8 Å². The lowest BCUT2D eigenvalue weighted by Gasteiger charge is -2.15. The van der Waals surface area contributed by atoms with Gasteiger partial charge in [-0.05, 0) is 34.5 Å². The third kappa shape index (κ3) is 3.96. The fourth-order valence-corrected chi connectivity index (χ4v) is 3.10. The summed E-state index contributed by atoms with van der Waals surface area (Å²) < 4.78 is 0. The van der Waals surface area contributed by atoms with Crippen molar-refractivity contribution >= 4 is 40.4 Å². The third-order valence-electron chi connectivity index (χ3n) is 2.77. The molecule has 1 heterocycles. The molecule has 0 saturated heterocycles. The SMILES string of the molecule is O=C(Cc1ccsc1)NCC(O)c1c(Cl)cccc1Cl. The molecule has 106 valence electrons. The number of rotatable bonds is 5. The van der Waals surface area contributed by atoms with Crippen molar-refractivity contribution in [3.8, 4) is 0 Å². The van der Waals surface area contributed by atoms with Crippen LogP contribution in [0.2, 0.25) is 10.0 Å². The normalized spacial score (nSPS) is 12.2. The zero-order valence-electron chi connectivity index (χ0n) is 10.5. The highest BCUT2D eigenvalue weighted by atomic mass is 35.5. The van der Waals surface area contributed by atoms with E-state index >= 15 is 0 Å². The average molecular weight is 330 g/mol. The van der Waals surface area contributed by atoms with Crippen LogP contribution in [0.5, 0.6) is 0 Å². The Morgan fingerprint density at radius 2 is 2.00 bits per heavy atom. The first-order chi connectivity index (χ1) is 9.58. The zero-order chi connectivity index (χ0) is 14.5. The Balaban J connectivity index is 1.92. The summed E-state index contributed by atoms with van der Waals surface area (Å²) in [7, 11) is 0. The largest absolute Gasteiger partial charge is 0.386 e. The third-order valence-corrected chi connectivity index (χ3v) is 4.16. The van der Waals surface area contributed by atoms with Crippen molar-refractivity contribution in [3.63, 3.8) is 0 Å². The fourth-order valence-electron chi connectivity index (χ4n) is 1.78. The number of hydrogen-bond acceptors (Lipinski definition) is 3. The van der Waals surface area contributed by atoms with E-state index in [4.69, 9.17) is 23.2 Å². The van der Waals surface area contributed by atoms with E-state index in [1.165, 1.54) is 0 Å². The van der Waals surface area contributed by atoms with Crippen LogP contribution in [0.3, 0.4) is 0 Å². The van der Waals surface area contributed by atoms with Gasteiger partial charge in [-0.3, -0.25) is 4.79 Å². The molecule has 1 amide bonds. The van der Waals surface area contributed by atoms with Crippen LogP contribution < -0.4 is 5.32 Å². The van der Waals surface area contributed by atoms with Gasteiger partial charge in [0.15, 0.2) is 0 Å². The summed E-state index contributed by atoms with van der Waals surface area (Å²) in [6, 6.07) is 6.90. The summed E-state index contributed by atoms with van der Waals surface area (Å²) in [6.45, 7) is 0.0758. The number of aliphatic hydroxyl groups is 1. The molecule has 0 aliphatic rings. The molecule has 0 aliphatic heterocycles. The number of nitrogens with one attached hydrogen (secondary N) is 1. The van der Waals surface area contributed by atoms with Crippen LogP contribution in [0.25, 0.3) is 0 Å². The lowest BCUT2D eigenvalue weighted by Crippen LogP contribution is -2.29. The van der Waals surface area contributed by atoms with Gasteiger partial charge in [0.1, 0.15) is 0 Å². The molecule has 2 rings (SSSR count). The lowest BCUT2D eigenvalue weighted by molar-refractivity contribution is -0.120. The molecule has 1 unspecified atom stereocenters. The van der Waals surface area contributed by atoms with Crippen molar-refractivity contribution in [2.75, 3.05) is 6.54 Å². The van der Waals surface area contributed by atoms with Gasteiger partial charge in [0.25, 0.3) is 0 Å². The van der Waals surface area contributed by atoms with Crippen molar-refractivity contribution in [3.05, 3.63) is 56.2 Å². The summed E-state index contributed by atoms with van der Waals surface area (Å²) in [4.78, 5) is 11.7. The van der Waals surface area contributed by atoms with E-state index < -0.39 is 6.10 Å². The Morgan fingerprint density at radius 3 is 2.60 bits per heavy atom. The Morgan fingerprint density at radius 1 is 1.30 bits per heavy atom. The van der Waals surface area contributed by atoms with Crippen LogP contribution >= 0.6 is 34.5 Å². The van der Waals surface area contributed by atoms with Gasteiger partial charge < -0.3 is 10.4 Å². The van der Waals surface area contributed by atoms with E-state index in [0.29, 0.717) is 22.0 Å².